The SMILES string of the molecule is Cc1c(N2CCN(C(=O)O)CC2=O)nnn1-c1ccccc1Cl. The molecule has 0 saturated carbocycles. The zero-order chi connectivity index (χ0) is 16.6. The summed E-state index contributed by atoms with van der Waals surface area (Å²) in [5, 5.41) is 17.6. The second-order valence-corrected chi connectivity index (χ2v) is 5.52. The molecule has 9 heteroatoms. The first-order valence-electron chi connectivity index (χ1n) is 6.94. The maximum atomic E-state index is 12.2. The molecule has 2 amide bonds. The summed E-state index contributed by atoms with van der Waals surface area (Å²) in [6.07, 6.45) is -1.10. The fourth-order valence-electron chi connectivity index (χ4n) is 2.48. The Balaban J connectivity index is 1.90. The normalized spacial score (nSPS) is 15.1. The molecule has 0 radical (unpaired) electrons. The van der Waals surface area contributed by atoms with Crippen LogP contribution in [0.3, 0.4) is 0 Å². The number of nitrogens with zero attached hydrogens (tertiary/aromatic N) is 5. The van der Waals surface area contributed by atoms with Crippen molar-refractivity contribution >= 4 is 29.4 Å². The van der Waals surface area contributed by atoms with Gasteiger partial charge in [0, 0.05) is 13.1 Å². The van der Waals surface area contributed by atoms with Crippen molar-refractivity contribution in [3.63, 3.8) is 0 Å². The van der Waals surface area contributed by atoms with E-state index in [0.717, 1.165) is 4.90 Å². The van der Waals surface area contributed by atoms with E-state index in [0.29, 0.717) is 22.2 Å². The number of para-hydroxylation sites is 1. The van der Waals surface area contributed by atoms with Crippen LogP contribution in [0.5, 0.6) is 0 Å². The molecule has 1 aromatic carbocycles. The number of piperazine rings is 1. The predicted molar refractivity (Wildman–Crippen MR) is 83.1 cm³/mol. The number of hydrogen-bond donors (Lipinski definition) is 1. The van der Waals surface area contributed by atoms with Crippen LogP contribution < -0.4 is 4.90 Å². The van der Waals surface area contributed by atoms with Gasteiger partial charge in [-0.05, 0) is 19.1 Å². The highest BCUT2D eigenvalue weighted by molar-refractivity contribution is 6.32. The number of carbonyl (C=O) groups excluding carboxylic acids is 1. The number of aromatic nitrogens is 3. The maximum absolute atomic E-state index is 12.2. The Labute approximate surface area is 136 Å². The van der Waals surface area contributed by atoms with E-state index in [-0.39, 0.29) is 25.5 Å². The van der Waals surface area contributed by atoms with E-state index in [1.54, 1.807) is 23.7 Å². The van der Waals surface area contributed by atoms with Gasteiger partial charge >= 0.3 is 6.09 Å². The van der Waals surface area contributed by atoms with E-state index in [2.05, 4.69) is 10.3 Å². The third-order valence-electron chi connectivity index (χ3n) is 3.70. The molecule has 0 spiro atoms. The minimum absolute atomic E-state index is 0.187. The van der Waals surface area contributed by atoms with E-state index in [9.17, 15) is 9.59 Å². The van der Waals surface area contributed by atoms with Gasteiger partial charge in [0.1, 0.15) is 6.54 Å². The molecule has 1 saturated heterocycles. The summed E-state index contributed by atoms with van der Waals surface area (Å²) in [5.41, 5.74) is 1.33. The van der Waals surface area contributed by atoms with Crippen molar-refractivity contribution in [1.82, 2.24) is 19.9 Å². The summed E-state index contributed by atoms with van der Waals surface area (Å²) >= 11 is 6.17. The van der Waals surface area contributed by atoms with E-state index < -0.39 is 6.09 Å². The molecule has 8 nitrogen and oxygen atoms in total. The summed E-state index contributed by atoms with van der Waals surface area (Å²) in [7, 11) is 0. The smallest absolute Gasteiger partial charge is 0.407 e. The Kier molecular flexibility index (Phi) is 3.91. The molecule has 1 aliphatic heterocycles. The van der Waals surface area contributed by atoms with E-state index in [1.807, 2.05) is 12.1 Å². The van der Waals surface area contributed by atoms with Gasteiger partial charge in [0.25, 0.3) is 0 Å². The molecule has 3 rings (SSSR count). The molecule has 2 heterocycles. The van der Waals surface area contributed by atoms with Gasteiger partial charge in [0.15, 0.2) is 5.82 Å². The lowest BCUT2D eigenvalue weighted by Gasteiger charge is -2.31. The zero-order valence-electron chi connectivity index (χ0n) is 12.3. The summed E-state index contributed by atoms with van der Waals surface area (Å²) < 4.78 is 1.56. The maximum Gasteiger partial charge on any atom is 0.407 e. The monoisotopic (exact) mass is 335 g/mol. The minimum atomic E-state index is -1.10. The standard InChI is InChI=1S/C14H14ClN5O3/c1-9-13(19-7-6-18(14(22)23)8-12(19)21)16-17-20(9)11-5-3-2-4-10(11)15/h2-5H,6-8H2,1H3,(H,22,23). The molecule has 0 unspecified atom stereocenters. The van der Waals surface area contributed by atoms with Crippen molar-refractivity contribution in [2.24, 2.45) is 0 Å². The van der Waals surface area contributed by atoms with Crippen LogP contribution in [-0.4, -0.2) is 56.6 Å². The lowest BCUT2D eigenvalue weighted by molar-refractivity contribution is -0.120. The van der Waals surface area contributed by atoms with Crippen LogP contribution in [-0.2, 0) is 4.79 Å². The van der Waals surface area contributed by atoms with Crippen LogP contribution in [0.2, 0.25) is 5.02 Å². The molecule has 23 heavy (non-hydrogen) atoms. The number of carboxylic acid groups (broad SMARTS) is 1. The largest absolute Gasteiger partial charge is 0.465 e. The molecular weight excluding hydrogens is 322 g/mol. The van der Waals surface area contributed by atoms with Crippen molar-refractivity contribution in [1.29, 1.82) is 0 Å². The quantitative estimate of drug-likeness (QED) is 0.899. The molecule has 1 N–H and O–H groups in total. The van der Waals surface area contributed by atoms with Crippen molar-refractivity contribution in [2.75, 3.05) is 24.5 Å². The van der Waals surface area contributed by atoms with Crippen LogP contribution >= 0.6 is 11.6 Å². The van der Waals surface area contributed by atoms with E-state index in [1.165, 1.54) is 4.90 Å². The van der Waals surface area contributed by atoms with Gasteiger partial charge < -0.3 is 5.11 Å². The van der Waals surface area contributed by atoms with Gasteiger partial charge in [-0.3, -0.25) is 14.6 Å². The summed E-state index contributed by atoms with van der Waals surface area (Å²) in [6.45, 7) is 2.08. The molecule has 1 fully saturated rings. The Morgan fingerprint density at radius 2 is 2.04 bits per heavy atom. The van der Waals surface area contributed by atoms with Gasteiger partial charge in [-0.1, -0.05) is 28.9 Å². The Bertz CT molecular complexity index is 776. The van der Waals surface area contributed by atoms with Crippen LogP contribution in [0.15, 0.2) is 24.3 Å². The second kappa shape index (κ2) is 5.88. The van der Waals surface area contributed by atoms with E-state index >= 15 is 0 Å². The molecular formula is C14H14ClN5O3. The number of anilines is 1. The molecule has 2 aromatic rings. The summed E-state index contributed by atoms with van der Waals surface area (Å²) in [6, 6.07) is 7.19. The number of amides is 2. The highest BCUT2D eigenvalue weighted by atomic mass is 35.5. The lowest BCUT2D eigenvalue weighted by Crippen LogP contribution is -2.52. The summed E-state index contributed by atoms with van der Waals surface area (Å²) in [5.74, 6) is 0.0907. The van der Waals surface area contributed by atoms with E-state index in [4.69, 9.17) is 16.7 Å². The predicted octanol–water partition coefficient (Wildman–Crippen LogP) is 1.56. The summed E-state index contributed by atoms with van der Waals surface area (Å²) in [4.78, 5) is 25.7. The second-order valence-electron chi connectivity index (χ2n) is 5.11. The number of rotatable bonds is 2. The van der Waals surface area contributed by atoms with Gasteiger partial charge in [0.05, 0.1) is 16.4 Å². The molecule has 1 aromatic heterocycles. The first-order valence-corrected chi connectivity index (χ1v) is 7.32. The van der Waals surface area contributed by atoms with Crippen molar-refractivity contribution in [3.8, 4) is 5.69 Å². The minimum Gasteiger partial charge on any atom is -0.465 e. The Morgan fingerprint density at radius 1 is 1.30 bits per heavy atom. The van der Waals surface area contributed by atoms with Crippen molar-refractivity contribution < 1.29 is 14.7 Å². The molecule has 120 valence electrons. The number of benzene rings is 1. The molecule has 0 atom stereocenters. The third-order valence-corrected chi connectivity index (χ3v) is 4.02. The van der Waals surface area contributed by atoms with Crippen LogP contribution in [0.25, 0.3) is 5.69 Å². The van der Waals surface area contributed by atoms with Gasteiger partial charge in [0.2, 0.25) is 5.91 Å². The van der Waals surface area contributed by atoms with Crippen molar-refractivity contribution in [3.05, 3.63) is 35.0 Å². The molecule has 0 bridgehead atoms. The van der Waals surface area contributed by atoms with Crippen LogP contribution in [0, 0.1) is 6.92 Å². The van der Waals surface area contributed by atoms with Crippen molar-refractivity contribution in [2.45, 2.75) is 6.92 Å². The van der Waals surface area contributed by atoms with Crippen LogP contribution in [0.1, 0.15) is 5.69 Å². The lowest BCUT2D eigenvalue weighted by atomic mass is 10.3. The highest BCUT2D eigenvalue weighted by Gasteiger charge is 2.31. The van der Waals surface area contributed by atoms with Gasteiger partial charge in [-0.2, -0.15) is 0 Å². The first-order chi connectivity index (χ1) is 11.0. The third kappa shape index (κ3) is 2.72. The number of hydrogen-bond acceptors (Lipinski definition) is 4. The molecule has 0 aliphatic carbocycles. The topological polar surface area (TPSA) is 91.6 Å². The first kappa shape index (κ1) is 15.3. The van der Waals surface area contributed by atoms with Gasteiger partial charge in [-0.25, -0.2) is 9.48 Å². The zero-order valence-corrected chi connectivity index (χ0v) is 13.1. The fraction of sp³-hybridized carbons (Fsp3) is 0.286. The Hall–Kier alpha value is -2.61. The van der Waals surface area contributed by atoms with Crippen LogP contribution in [0.4, 0.5) is 10.6 Å². The average molecular weight is 336 g/mol. The van der Waals surface area contributed by atoms with Gasteiger partial charge in [-0.15, -0.1) is 5.10 Å². The average Bonchev–Trinajstić information content (AvgIpc) is 2.89. The fourth-order valence-corrected chi connectivity index (χ4v) is 2.70. The highest BCUT2D eigenvalue weighted by Crippen LogP contribution is 2.25. The number of carbonyl (C=O) groups is 2. The number of halogens is 1. The Morgan fingerprint density at radius 3 is 2.70 bits per heavy atom. The molecule has 1 aliphatic rings.